The van der Waals surface area contributed by atoms with Gasteiger partial charge in [-0.1, -0.05) is 69.0 Å². The molecule has 0 aromatic heterocycles. The van der Waals surface area contributed by atoms with Crippen molar-refractivity contribution in [3.05, 3.63) is 59.9 Å². The van der Waals surface area contributed by atoms with Gasteiger partial charge in [-0.15, -0.1) is 0 Å². The third kappa shape index (κ3) is 3.98. The highest BCUT2D eigenvalue weighted by Gasteiger charge is 2.27. The molecule has 2 heteroatoms. The second-order valence-electron chi connectivity index (χ2n) is 7.08. The van der Waals surface area contributed by atoms with Gasteiger partial charge in [0.1, 0.15) is 0 Å². The first-order valence-corrected chi connectivity index (χ1v) is 9.55. The van der Waals surface area contributed by atoms with Gasteiger partial charge < -0.3 is 4.90 Å². The van der Waals surface area contributed by atoms with Gasteiger partial charge in [0.2, 0.25) is 0 Å². The first kappa shape index (κ1) is 17.0. The molecule has 1 heterocycles. The van der Waals surface area contributed by atoms with Crippen LogP contribution in [0.1, 0.15) is 69.8 Å². The standard InChI is InChI=1S/C22H29NO/c1-2-3-14-22(24)21-17-23(19-12-8-5-9-13-19)16-15-20(21)18-10-6-4-7-11-18/h4,6-7,10-11,15-17,19-20H,2-3,5,8-9,12-14H2,1H3/t20-/m0/s1. The molecule has 1 aliphatic carbocycles. The van der Waals surface area contributed by atoms with Crippen molar-refractivity contribution >= 4 is 5.78 Å². The summed E-state index contributed by atoms with van der Waals surface area (Å²) in [5.41, 5.74) is 2.19. The van der Waals surface area contributed by atoms with Gasteiger partial charge in [-0.3, -0.25) is 4.79 Å². The molecule has 0 radical (unpaired) electrons. The zero-order valence-electron chi connectivity index (χ0n) is 14.8. The van der Waals surface area contributed by atoms with Gasteiger partial charge >= 0.3 is 0 Å². The number of Topliss-reactive ketones (excluding diaryl/α,β-unsaturated/α-hetero) is 1. The van der Waals surface area contributed by atoms with E-state index in [1.807, 2.05) is 6.07 Å². The zero-order valence-corrected chi connectivity index (χ0v) is 14.8. The maximum atomic E-state index is 12.8. The molecule has 128 valence electrons. The molecule has 1 fully saturated rings. The maximum absolute atomic E-state index is 12.8. The molecule has 1 atom stereocenters. The summed E-state index contributed by atoms with van der Waals surface area (Å²) >= 11 is 0. The Kier molecular flexibility index (Phi) is 5.90. The van der Waals surface area contributed by atoms with Crippen LogP contribution in [0.5, 0.6) is 0 Å². The van der Waals surface area contributed by atoms with E-state index in [4.69, 9.17) is 0 Å². The zero-order chi connectivity index (χ0) is 16.8. The Balaban J connectivity index is 1.84. The Morgan fingerprint density at radius 3 is 2.58 bits per heavy atom. The Morgan fingerprint density at radius 2 is 1.88 bits per heavy atom. The molecule has 1 aromatic rings. The molecule has 2 nitrogen and oxygen atoms in total. The van der Waals surface area contributed by atoms with Crippen LogP contribution in [0.4, 0.5) is 0 Å². The molecule has 3 rings (SSSR count). The molecule has 0 N–H and O–H groups in total. The number of ketones is 1. The average Bonchev–Trinajstić information content (AvgIpc) is 2.67. The lowest BCUT2D eigenvalue weighted by molar-refractivity contribution is -0.116. The summed E-state index contributed by atoms with van der Waals surface area (Å²) in [6.07, 6.45) is 15.8. The van der Waals surface area contributed by atoms with Crippen molar-refractivity contribution < 1.29 is 4.79 Å². The van der Waals surface area contributed by atoms with E-state index in [2.05, 4.69) is 54.6 Å². The van der Waals surface area contributed by atoms with E-state index < -0.39 is 0 Å². The first-order chi connectivity index (χ1) is 11.8. The Bertz CT molecular complexity index is 596. The molecular weight excluding hydrogens is 294 g/mol. The quantitative estimate of drug-likeness (QED) is 0.681. The number of allylic oxidation sites excluding steroid dienone is 2. The predicted octanol–water partition coefficient (Wildman–Crippen LogP) is 5.58. The normalized spacial score (nSPS) is 21.6. The highest BCUT2D eigenvalue weighted by atomic mass is 16.1. The number of rotatable bonds is 6. The van der Waals surface area contributed by atoms with E-state index in [9.17, 15) is 4.79 Å². The SMILES string of the molecule is CCCCC(=O)C1=CN(C2CCCCC2)C=C[C@H]1c1ccccc1. The van der Waals surface area contributed by atoms with E-state index in [1.165, 1.54) is 37.7 Å². The first-order valence-electron chi connectivity index (χ1n) is 9.55. The third-order valence-corrected chi connectivity index (χ3v) is 5.31. The van der Waals surface area contributed by atoms with E-state index in [0.717, 1.165) is 18.4 Å². The van der Waals surface area contributed by atoms with Crippen LogP contribution in [0.15, 0.2) is 54.4 Å². The Morgan fingerprint density at radius 1 is 1.12 bits per heavy atom. The minimum atomic E-state index is 0.107. The van der Waals surface area contributed by atoms with Crippen LogP contribution < -0.4 is 0 Å². The van der Waals surface area contributed by atoms with Crippen LogP contribution in [0.2, 0.25) is 0 Å². The molecule has 0 spiro atoms. The van der Waals surface area contributed by atoms with Gasteiger partial charge in [0, 0.05) is 36.4 Å². The maximum Gasteiger partial charge on any atom is 0.161 e. The summed E-state index contributed by atoms with van der Waals surface area (Å²) in [4.78, 5) is 15.2. The summed E-state index contributed by atoms with van der Waals surface area (Å²) in [6.45, 7) is 2.14. The molecule has 2 aliphatic rings. The van der Waals surface area contributed by atoms with Gasteiger partial charge in [-0.2, -0.15) is 0 Å². The number of carbonyl (C=O) groups excluding carboxylic acids is 1. The lowest BCUT2D eigenvalue weighted by Crippen LogP contribution is -2.32. The molecule has 0 amide bonds. The molecule has 1 aromatic carbocycles. The smallest absolute Gasteiger partial charge is 0.161 e. The van der Waals surface area contributed by atoms with E-state index in [0.29, 0.717) is 18.2 Å². The molecule has 0 bridgehead atoms. The largest absolute Gasteiger partial charge is 0.351 e. The predicted molar refractivity (Wildman–Crippen MR) is 99.7 cm³/mol. The van der Waals surface area contributed by atoms with Crippen LogP contribution in [-0.2, 0) is 4.79 Å². The molecule has 0 saturated heterocycles. The van der Waals surface area contributed by atoms with Gasteiger partial charge in [0.05, 0.1) is 0 Å². The fourth-order valence-corrected chi connectivity index (χ4v) is 3.86. The van der Waals surface area contributed by atoms with Gasteiger partial charge in [-0.25, -0.2) is 0 Å². The van der Waals surface area contributed by atoms with Crippen LogP contribution in [-0.4, -0.2) is 16.7 Å². The van der Waals surface area contributed by atoms with Crippen molar-refractivity contribution in [2.45, 2.75) is 70.3 Å². The minimum absolute atomic E-state index is 0.107. The number of benzene rings is 1. The van der Waals surface area contributed by atoms with Crippen LogP contribution in [0.3, 0.4) is 0 Å². The van der Waals surface area contributed by atoms with E-state index in [-0.39, 0.29) is 5.92 Å². The molecule has 24 heavy (non-hydrogen) atoms. The number of hydrogen-bond donors (Lipinski definition) is 0. The number of nitrogens with zero attached hydrogens (tertiary/aromatic N) is 1. The Labute approximate surface area is 146 Å². The van der Waals surface area contributed by atoms with Crippen molar-refractivity contribution in [1.29, 1.82) is 0 Å². The third-order valence-electron chi connectivity index (χ3n) is 5.31. The lowest BCUT2D eigenvalue weighted by atomic mass is 9.85. The van der Waals surface area contributed by atoms with Crippen molar-refractivity contribution in [2.75, 3.05) is 0 Å². The minimum Gasteiger partial charge on any atom is -0.351 e. The fourth-order valence-electron chi connectivity index (χ4n) is 3.86. The average molecular weight is 323 g/mol. The van der Waals surface area contributed by atoms with Crippen molar-refractivity contribution in [1.82, 2.24) is 4.90 Å². The summed E-state index contributed by atoms with van der Waals surface area (Å²) in [7, 11) is 0. The van der Waals surface area contributed by atoms with Gasteiger partial charge in [-0.05, 0) is 24.8 Å². The van der Waals surface area contributed by atoms with Crippen molar-refractivity contribution in [2.24, 2.45) is 0 Å². The van der Waals surface area contributed by atoms with Crippen LogP contribution in [0, 0.1) is 0 Å². The molecular formula is C22H29NO. The topological polar surface area (TPSA) is 20.3 Å². The number of carbonyl (C=O) groups is 1. The molecule has 0 unspecified atom stereocenters. The lowest BCUT2D eigenvalue weighted by Gasteiger charge is -2.35. The molecule has 1 saturated carbocycles. The monoisotopic (exact) mass is 323 g/mol. The fraction of sp³-hybridized carbons (Fsp3) is 0.500. The summed E-state index contributed by atoms with van der Waals surface area (Å²) < 4.78 is 0. The van der Waals surface area contributed by atoms with E-state index >= 15 is 0 Å². The molecule has 1 aliphatic heterocycles. The highest BCUT2D eigenvalue weighted by molar-refractivity contribution is 5.97. The van der Waals surface area contributed by atoms with E-state index in [1.54, 1.807) is 0 Å². The summed E-state index contributed by atoms with van der Waals surface area (Å²) in [6, 6.07) is 11.0. The second-order valence-corrected chi connectivity index (χ2v) is 7.08. The number of hydrogen-bond acceptors (Lipinski definition) is 2. The van der Waals surface area contributed by atoms with Crippen molar-refractivity contribution in [3.8, 4) is 0 Å². The summed E-state index contributed by atoms with van der Waals surface area (Å²) in [5.74, 6) is 0.422. The Hall–Kier alpha value is -1.83. The van der Waals surface area contributed by atoms with Crippen LogP contribution >= 0.6 is 0 Å². The number of unbranched alkanes of at least 4 members (excludes halogenated alkanes) is 1. The summed E-state index contributed by atoms with van der Waals surface area (Å²) in [5, 5.41) is 0. The van der Waals surface area contributed by atoms with Crippen molar-refractivity contribution in [3.63, 3.8) is 0 Å². The second kappa shape index (κ2) is 8.32. The highest BCUT2D eigenvalue weighted by Crippen LogP contribution is 2.34. The van der Waals surface area contributed by atoms with Gasteiger partial charge in [0.25, 0.3) is 0 Å². The van der Waals surface area contributed by atoms with Gasteiger partial charge in [0.15, 0.2) is 5.78 Å². The van der Waals surface area contributed by atoms with Crippen LogP contribution in [0.25, 0.3) is 0 Å².